The minimum absolute atomic E-state index is 0.241. The fraction of sp³-hybridized carbons (Fsp3) is 0.600. The lowest BCUT2D eigenvalue weighted by Gasteiger charge is -2.17. The normalized spacial score (nSPS) is 12.0. The van der Waals surface area contributed by atoms with Crippen molar-refractivity contribution in [1.82, 2.24) is 0 Å². The summed E-state index contributed by atoms with van der Waals surface area (Å²) < 4.78 is 0. The summed E-state index contributed by atoms with van der Waals surface area (Å²) in [6, 6.07) is 0. The molecule has 0 unspecified atom stereocenters. The molecule has 0 aromatic rings. The molecule has 0 aliphatic heterocycles. The van der Waals surface area contributed by atoms with Gasteiger partial charge in [0.1, 0.15) is 0 Å². The van der Waals surface area contributed by atoms with Crippen molar-refractivity contribution in [1.29, 1.82) is 0 Å². The standard InChI is InChI=1S/C10H18N2/c1-8(2)7-11-12-10(5,6)9(3)4/h1,3,7H2,2,4-6H3. The SMILES string of the molecule is C=C(C)CN=NC(C)(C)C(=C)C. The van der Waals surface area contributed by atoms with Crippen molar-refractivity contribution in [2.45, 2.75) is 33.2 Å². The highest BCUT2D eigenvalue weighted by Gasteiger charge is 2.16. The van der Waals surface area contributed by atoms with Crippen LogP contribution in [0.1, 0.15) is 27.7 Å². The van der Waals surface area contributed by atoms with E-state index in [1.807, 2.05) is 27.7 Å². The van der Waals surface area contributed by atoms with Gasteiger partial charge in [-0.3, -0.25) is 0 Å². The lowest BCUT2D eigenvalue weighted by atomic mass is 9.99. The Bertz CT molecular complexity index is 212. The molecule has 0 rings (SSSR count). The summed E-state index contributed by atoms with van der Waals surface area (Å²) >= 11 is 0. The highest BCUT2D eigenvalue weighted by atomic mass is 15.1. The van der Waals surface area contributed by atoms with Crippen LogP contribution in [0.25, 0.3) is 0 Å². The van der Waals surface area contributed by atoms with Crippen LogP contribution in [0, 0.1) is 0 Å². The van der Waals surface area contributed by atoms with Crippen LogP contribution in [0.4, 0.5) is 0 Å². The summed E-state index contributed by atoms with van der Waals surface area (Å²) in [4.78, 5) is 0. The predicted octanol–water partition coefficient (Wildman–Crippen LogP) is 3.37. The fourth-order valence-electron chi connectivity index (χ4n) is 0.418. The fourth-order valence-corrected chi connectivity index (χ4v) is 0.418. The molecule has 68 valence electrons. The van der Waals surface area contributed by atoms with Crippen molar-refractivity contribution in [2.24, 2.45) is 10.2 Å². The first-order valence-electron chi connectivity index (χ1n) is 4.05. The Hall–Kier alpha value is -0.920. The molecule has 0 bridgehead atoms. The molecule has 0 saturated heterocycles. The molecule has 2 heteroatoms. The van der Waals surface area contributed by atoms with Crippen molar-refractivity contribution in [2.75, 3.05) is 6.54 Å². The van der Waals surface area contributed by atoms with Gasteiger partial charge < -0.3 is 0 Å². The topological polar surface area (TPSA) is 24.7 Å². The number of hydrogen-bond acceptors (Lipinski definition) is 2. The molecule has 0 fully saturated rings. The summed E-state index contributed by atoms with van der Waals surface area (Å²) in [5.74, 6) is 0. The van der Waals surface area contributed by atoms with Crippen molar-refractivity contribution < 1.29 is 0 Å². The average Bonchev–Trinajstić information content (AvgIpc) is 1.85. The summed E-state index contributed by atoms with van der Waals surface area (Å²) in [6.45, 7) is 16.1. The van der Waals surface area contributed by atoms with Gasteiger partial charge in [0.2, 0.25) is 0 Å². The zero-order valence-corrected chi connectivity index (χ0v) is 8.52. The van der Waals surface area contributed by atoms with Crippen LogP contribution in [0.15, 0.2) is 34.5 Å². The van der Waals surface area contributed by atoms with E-state index in [-0.39, 0.29) is 5.54 Å². The van der Waals surface area contributed by atoms with Gasteiger partial charge in [-0.2, -0.15) is 10.2 Å². The summed E-state index contributed by atoms with van der Waals surface area (Å²) in [6.07, 6.45) is 0. The van der Waals surface area contributed by atoms with Crippen molar-refractivity contribution >= 4 is 0 Å². The lowest BCUT2D eigenvalue weighted by molar-refractivity contribution is 0.572. The van der Waals surface area contributed by atoms with Crippen LogP contribution in [-0.4, -0.2) is 12.1 Å². The van der Waals surface area contributed by atoms with Crippen molar-refractivity contribution in [3.05, 3.63) is 24.3 Å². The van der Waals surface area contributed by atoms with Gasteiger partial charge in [0.05, 0.1) is 12.1 Å². The van der Waals surface area contributed by atoms with E-state index in [2.05, 4.69) is 23.4 Å². The molecule has 12 heavy (non-hydrogen) atoms. The largest absolute Gasteiger partial charge is 0.189 e. The summed E-state index contributed by atoms with van der Waals surface area (Å²) in [5, 5.41) is 8.19. The van der Waals surface area contributed by atoms with Gasteiger partial charge in [-0.15, -0.1) is 0 Å². The predicted molar refractivity (Wildman–Crippen MR) is 53.4 cm³/mol. The molecule has 2 nitrogen and oxygen atoms in total. The zero-order chi connectivity index (χ0) is 9.78. The maximum atomic E-state index is 4.16. The van der Waals surface area contributed by atoms with Crippen LogP contribution in [0.2, 0.25) is 0 Å². The highest BCUT2D eigenvalue weighted by molar-refractivity contribution is 5.09. The Labute approximate surface area is 75.1 Å². The van der Waals surface area contributed by atoms with E-state index in [1.54, 1.807) is 0 Å². The van der Waals surface area contributed by atoms with Crippen molar-refractivity contribution in [3.8, 4) is 0 Å². The van der Waals surface area contributed by atoms with E-state index in [4.69, 9.17) is 0 Å². The first kappa shape index (κ1) is 11.1. The third kappa shape index (κ3) is 4.06. The van der Waals surface area contributed by atoms with E-state index in [9.17, 15) is 0 Å². The van der Waals surface area contributed by atoms with Crippen LogP contribution >= 0.6 is 0 Å². The van der Waals surface area contributed by atoms with E-state index in [0.29, 0.717) is 6.54 Å². The Morgan fingerprint density at radius 3 is 2.08 bits per heavy atom. The smallest absolute Gasteiger partial charge is 0.0963 e. The first-order valence-corrected chi connectivity index (χ1v) is 4.05. The molecule has 0 aliphatic carbocycles. The minimum Gasteiger partial charge on any atom is -0.189 e. The second kappa shape index (κ2) is 4.19. The van der Waals surface area contributed by atoms with Gasteiger partial charge in [0.25, 0.3) is 0 Å². The van der Waals surface area contributed by atoms with E-state index in [1.165, 1.54) is 0 Å². The van der Waals surface area contributed by atoms with Gasteiger partial charge in [-0.1, -0.05) is 24.3 Å². The average molecular weight is 166 g/mol. The Balaban J connectivity index is 4.14. The molecule has 0 amide bonds. The molecule has 0 heterocycles. The molecule has 0 spiro atoms. The van der Waals surface area contributed by atoms with Crippen LogP contribution < -0.4 is 0 Å². The zero-order valence-electron chi connectivity index (χ0n) is 8.52. The number of nitrogens with zero attached hydrogens (tertiary/aromatic N) is 2. The van der Waals surface area contributed by atoms with E-state index in [0.717, 1.165) is 11.1 Å². The molecule has 0 N–H and O–H groups in total. The number of hydrogen-bond donors (Lipinski definition) is 0. The minimum atomic E-state index is -0.241. The number of azo groups is 1. The Kier molecular flexibility index (Phi) is 3.87. The Morgan fingerprint density at radius 1 is 1.25 bits per heavy atom. The molecule has 0 aromatic carbocycles. The third-order valence-electron chi connectivity index (χ3n) is 1.71. The summed E-state index contributed by atoms with van der Waals surface area (Å²) in [5.41, 5.74) is 1.80. The molecule has 0 atom stereocenters. The van der Waals surface area contributed by atoms with Crippen LogP contribution in [0.5, 0.6) is 0 Å². The lowest BCUT2D eigenvalue weighted by Crippen LogP contribution is -2.16. The Morgan fingerprint density at radius 2 is 1.75 bits per heavy atom. The molecule has 0 aromatic heterocycles. The molecule has 0 radical (unpaired) electrons. The van der Waals surface area contributed by atoms with Crippen LogP contribution in [-0.2, 0) is 0 Å². The quantitative estimate of drug-likeness (QED) is 0.452. The first-order chi connectivity index (χ1) is 5.36. The molecule has 0 saturated carbocycles. The monoisotopic (exact) mass is 166 g/mol. The second-order valence-corrected chi connectivity index (χ2v) is 3.70. The molecular weight excluding hydrogens is 148 g/mol. The maximum absolute atomic E-state index is 4.16. The number of rotatable bonds is 4. The molecular formula is C10H18N2. The van der Waals surface area contributed by atoms with E-state index < -0.39 is 0 Å². The van der Waals surface area contributed by atoms with Gasteiger partial charge >= 0.3 is 0 Å². The van der Waals surface area contributed by atoms with Gasteiger partial charge in [0, 0.05) is 0 Å². The third-order valence-corrected chi connectivity index (χ3v) is 1.71. The van der Waals surface area contributed by atoms with Gasteiger partial charge in [0.15, 0.2) is 0 Å². The van der Waals surface area contributed by atoms with Gasteiger partial charge in [-0.25, -0.2) is 0 Å². The van der Waals surface area contributed by atoms with E-state index >= 15 is 0 Å². The van der Waals surface area contributed by atoms with Crippen LogP contribution in [0.3, 0.4) is 0 Å². The van der Waals surface area contributed by atoms with Crippen molar-refractivity contribution in [3.63, 3.8) is 0 Å². The second-order valence-electron chi connectivity index (χ2n) is 3.70. The van der Waals surface area contributed by atoms with Gasteiger partial charge in [-0.05, 0) is 27.7 Å². The molecule has 0 aliphatic rings. The summed E-state index contributed by atoms with van der Waals surface area (Å²) in [7, 11) is 0. The highest BCUT2D eigenvalue weighted by Crippen LogP contribution is 2.18. The maximum Gasteiger partial charge on any atom is 0.0963 e.